The van der Waals surface area contributed by atoms with Gasteiger partial charge >= 0.3 is 0 Å². The number of hydrogen-bond donors (Lipinski definition) is 1. The summed E-state index contributed by atoms with van der Waals surface area (Å²) in [5, 5.41) is 7.27. The second-order valence-electron chi connectivity index (χ2n) is 7.57. The van der Waals surface area contributed by atoms with Gasteiger partial charge in [-0.15, -0.1) is 0 Å². The van der Waals surface area contributed by atoms with Crippen molar-refractivity contribution >= 4 is 17.4 Å². The molecule has 2 aliphatic heterocycles. The van der Waals surface area contributed by atoms with Gasteiger partial charge in [0, 0.05) is 24.5 Å². The first-order valence-electron chi connectivity index (χ1n) is 11.7. The Morgan fingerprint density at radius 3 is 2.72 bits per heavy atom. The molecule has 0 spiro atoms. The minimum atomic E-state index is -0.322. The Morgan fingerprint density at radius 1 is 1.16 bits per heavy atom. The molecule has 2 atom stereocenters. The fraction of sp³-hybridized carbons (Fsp3) is 0.500. The van der Waals surface area contributed by atoms with E-state index in [1.54, 1.807) is 16.8 Å². The number of rotatable bonds is 0. The molecule has 1 saturated heterocycles. The number of nitrogens with zero attached hydrogens (tertiary/aromatic N) is 5. The Labute approximate surface area is 189 Å². The van der Waals surface area contributed by atoms with Crippen molar-refractivity contribution < 1.29 is 9.18 Å². The van der Waals surface area contributed by atoms with Crippen LogP contribution in [0.3, 0.4) is 0 Å². The minimum absolute atomic E-state index is 0.0271. The molecule has 172 valence electrons. The van der Waals surface area contributed by atoms with Crippen LogP contribution in [0.1, 0.15) is 81.5 Å². The zero-order valence-electron chi connectivity index (χ0n) is 19.6. The molecule has 8 heteroatoms. The fourth-order valence-corrected chi connectivity index (χ4v) is 4.25. The molecule has 2 bridgehead atoms. The molecule has 1 fully saturated rings. The van der Waals surface area contributed by atoms with Crippen LogP contribution in [0.2, 0.25) is 0 Å². The van der Waals surface area contributed by atoms with Crippen molar-refractivity contribution in [2.24, 2.45) is 0 Å². The average Bonchev–Trinajstić information content (AvgIpc) is 3.47. The van der Waals surface area contributed by atoms with Gasteiger partial charge < -0.3 is 10.2 Å². The molecule has 5 rings (SSSR count). The predicted octanol–water partition coefficient (Wildman–Crippen LogP) is 4.72. The summed E-state index contributed by atoms with van der Waals surface area (Å²) in [5.74, 6) is 0.265. The van der Waals surface area contributed by atoms with Crippen molar-refractivity contribution in [2.45, 2.75) is 72.4 Å². The van der Waals surface area contributed by atoms with E-state index in [1.165, 1.54) is 6.20 Å². The van der Waals surface area contributed by atoms with Crippen LogP contribution in [0.5, 0.6) is 0 Å². The Balaban J connectivity index is 0.000000686. The third kappa shape index (κ3) is 4.59. The number of aryl methyl sites for hydroxylation is 1. The number of nitrogens with one attached hydrogen (secondary N) is 1. The molecule has 0 aromatic carbocycles. The van der Waals surface area contributed by atoms with Crippen LogP contribution in [0.15, 0.2) is 30.7 Å². The molecule has 1 N–H and O–H groups in total. The Morgan fingerprint density at radius 2 is 1.94 bits per heavy atom. The average molecular weight is 441 g/mol. The van der Waals surface area contributed by atoms with E-state index in [0.29, 0.717) is 17.6 Å². The molecule has 0 aliphatic carbocycles. The first-order valence-corrected chi connectivity index (χ1v) is 11.7. The number of carbonyl (C=O) groups excluding carboxylic acids is 1. The molecular formula is C24H33FN6O. The first-order chi connectivity index (χ1) is 15.6. The molecule has 3 aromatic heterocycles. The van der Waals surface area contributed by atoms with Gasteiger partial charge in [-0.05, 0) is 50.3 Å². The molecule has 2 aliphatic rings. The Kier molecular flexibility index (Phi) is 7.77. The lowest BCUT2D eigenvalue weighted by molar-refractivity contribution is 0.0940. The number of fused-ring (bicyclic) bond motifs is 5. The van der Waals surface area contributed by atoms with E-state index in [1.807, 2.05) is 46.9 Å². The van der Waals surface area contributed by atoms with E-state index in [4.69, 9.17) is 4.98 Å². The van der Waals surface area contributed by atoms with E-state index in [2.05, 4.69) is 20.3 Å². The second kappa shape index (κ2) is 10.5. The SMILES string of the molecule is CC.CC.CC1CCc2ncc(F)cc2C2CCCN2c2ccn3ncc(c3n2)C(=O)N1. The summed E-state index contributed by atoms with van der Waals surface area (Å²) >= 11 is 0. The topological polar surface area (TPSA) is 75.4 Å². The van der Waals surface area contributed by atoms with Crippen LogP contribution in [-0.2, 0) is 6.42 Å². The molecule has 1 amide bonds. The van der Waals surface area contributed by atoms with E-state index >= 15 is 0 Å². The van der Waals surface area contributed by atoms with Gasteiger partial charge in [-0.3, -0.25) is 9.78 Å². The van der Waals surface area contributed by atoms with E-state index < -0.39 is 0 Å². The summed E-state index contributed by atoms with van der Waals surface area (Å²) < 4.78 is 15.7. The van der Waals surface area contributed by atoms with Gasteiger partial charge in [0.2, 0.25) is 0 Å². The molecule has 5 heterocycles. The van der Waals surface area contributed by atoms with E-state index in [-0.39, 0.29) is 23.8 Å². The maximum absolute atomic E-state index is 14.1. The van der Waals surface area contributed by atoms with Gasteiger partial charge in [-0.2, -0.15) is 5.10 Å². The third-order valence-corrected chi connectivity index (χ3v) is 5.67. The van der Waals surface area contributed by atoms with Crippen LogP contribution in [0.25, 0.3) is 5.65 Å². The largest absolute Gasteiger partial charge is 0.349 e. The summed E-state index contributed by atoms with van der Waals surface area (Å²) in [6.45, 7) is 10.8. The summed E-state index contributed by atoms with van der Waals surface area (Å²) in [6, 6.07) is 3.48. The lowest BCUT2D eigenvalue weighted by atomic mass is 9.98. The number of hydrogen-bond acceptors (Lipinski definition) is 5. The lowest BCUT2D eigenvalue weighted by Gasteiger charge is -2.27. The van der Waals surface area contributed by atoms with Crippen LogP contribution in [-0.4, -0.2) is 38.1 Å². The van der Waals surface area contributed by atoms with Gasteiger partial charge in [0.05, 0.1) is 18.4 Å². The standard InChI is InChI=1S/C20H21FN6O.2C2H6/c1-12-4-5-16-14(9-13(21)10-22-16)17-3-2-7-26(17)18-6-8-27-19(25-18)15(11-23-27)20(28)24-12;2*1-2/h6,8-12,17H,2-5,7H2,1H3,(H,24,28);2*1-2H3. The maximum Gasteiger partial charge on any atom is 0.256 e. The zero-order chi connectivity index (χ0) is 23.3. The quantitative estimate of drug-likeness (QED) is 0.547. The number of aromatic nitrogens is 4. The minimum Gasteiger partial charge on any atom is -0.349 e. The monoisotopic (exact) mass is 440 g/mol. The summed E-state index contributed by atoms with van der Waals surface area (Å²) in [4.78, 5) is 24.1. The van der Waals surface area contributed by atoms with Gasteiger partial charge in [-0.1, -0.05) is 27.7 Å². The number of carbonyl (C=O) groups is 1. The summed E-state index contributed by atoms with van der Waals surface area (Å²) in [6.07, 6.45) is 7.97. The summed E-state index contributed by atoms with van der Waals surface area (Å²) in [5.41, 5.74) is 2.81. The zero-order valence-corrected chi connectivity index (χ0v) is 19.6. The number of anilines is 1. The van der Waals surface area contributed by atoms with Crippen LogP contribution in [0.4, 0.5) is 10.2 Å². The Hall–Kier alpha value is -3.03. The van der Waals surface area contributed by atoms with Crippen molar-refractivity contribution in [1.82, 2.24) is 24.9 Å². The molecule has 0 saturated carbocycles. The smallest absolute Gasteiger partial charge is 0.256 e. The fourth-order valence-electron chi connectivity index (χ4n) is 4.25. The van der Waals surface area contributed by atoms with Crippen LogP contribution >= 0.6 is 0 Å². The van der Waals surface area contributed by atoms with Crippen molar-refractivity contribution in [3.8, 4) is 0 Å². The summed E-state index contributed by atoms with van der Waals surface area (Å²) in [7, 11) is 0. The highest BCUT2D eigenvalue weighted by molar-refractivity contribution is 5.99. The number of amides is 1. The third-order valence-electron chi connectivity index (χ3n) is 5.67. The molecule has 32 heavy (non-hydrogen) atoms. The Bertz CT molecular complexity index is 1070. The molecule has 7 nitrogen and oxygen atoms in total. The normalized spacial score (nSPS) is 19.8. The highest BCUT2D eigenvalue weighted by atomic mass is 19.1. The van der Waals surface area contributed by atoms with E-state index in [9.17, 15) is 9.18 Å². The van der Waals surface area contributed by atoms with Gasteiger partial charge in [0.25, 0.3) is 5.91 Å². The number of pyridine rings is 1. The maximum atomic E-state index is 14.1. The van der Waals surface area contributed by atoms with Crippen molar-refractivity contribution in [1.29, 1.82) is 0 Å². The van der Waals surface area contributed by atoms with Gasteiger partial charge in [-0.25, -0.2) is 13.9 Å². The van der Waals surface area contributed by atoms with Crippen molar-refractivity contribution in [2.75, 3.05) is 11.4 Å². The predicted molar refractivity (Wildman–Crippen MR) is 124 cm³/mol. The van der Waals surface area contributed by atoms with Crippen molar-refractivity contribution in [3.63, 3.8) is 0 Å². The first kappa shape index (κ1) is 23.6. The molecule has 0 radical (unpaired) electrons. The van der Waals surface area contributed by atoms with Gasteiger partial charge in [0.1, 0.15) is 17.2 Å². The molecule has 2 unspecified atom stereocenters. The van der Waals surface area contributed by atoms with Crippen LogP contribution < -0.4 is 10.2 Å². The molecular weight excluding hydrogens is 407 g/mol. The molecule has 3 aromatic rings. The van der Waals surface area contributed by atoms with Crippen molar-refractivity contribution in [3.05, 3.63) is 53.4 Å². The number of halogens is 1. The van der Waals surface area contributed by atoms with Crippen LogP contribution in [0, 0.1) is 5.82 Å². The van der Waals surface area contributed by atoms with Gasteiger partial charge in [0.15, 0.2) is 5.65 Å². The highest BCUT2D eigenvalue weighted by Gasteiger charge is 2.31. The highest BCUT2D eigenvalue weighted by Crippen LogP contribution is 2.37. The second-order valence-corrected chi connectivity index (χ2v) is 7.57. The van der Waals surface area contributed by atoms with E-state index in [0.717, 1.165) is 42.9 Å². The lowest BCUT2D eigenvalue weighted by Crippen LogP contribution is -2.33.